The van der Waals surface area contributed by atoms with Crippen LogP contribution in [0.1, 0.15) is 23.6 Å². The summed E-state index contributed by atoms with van der Waals surface area (Å²) in [5.41, 5.74) is 2.71. The minimum Gasteiger partial charge on any atom is -0.355 e. The van der Waals surface area contributed by atoms with E-state index in [1.807, 2.05) is 74.5 Å². The number of amides is 2. The van der Waals surface area contributed by atoms with E-state index in [-0.39, 0.29) is 29.5 Å². The number of nitrogens with one attached hydrogen (secondary N) is 1. The molecule has 0 saturated heterocycles. The molecule has 0 saturated carbocycles. The topological polar surface area (TPSA) is 86.8 Å². The van der Waals surface area contributed by atoms with Crippen LogP contribution in [0.2, 0.25) is 5.02 Å². The quantitative estimate of drug-likeness (QED) is 0.228. The summed E-state index contributed by atoms with van der Waals surface area (Å²) >= 11 is 6.41. The summed E-state index contributed by atoms with van der Waals surface area (Å²) in [5.74, 6) is -0.844. The fraction of sp³-hybridized carbons (Fsp3) is 0.212. The Bertz CT molecular complexity index is 1600. The molecule has 4 rings (SSSR count). The number of hydrogen-bond donors (Lipinski definition) is 1. The summed E-state index contributed by atoms with van der Waals surface area (Å²) in [6.45, 7) is 3.59. The second-order valence-electron chi connectivity index (χ2n) is 9.87. The van der Waals surface area contributed by atoms with Gasteiger partial charge in [0, 0.05) is 24.5 Å². The van der Waals surface area contributed by atoms with Crippen molar-refractivity contribution in [2.45, 2.75) is 37.8 Å². The van der Waals surface area contributed by atoms with Gasteiger partial charge < -0.3 is 10.2 Å². The standard InChI is InChI=1S/C33H34ClN3O4S/c1-3-35-33(39)31(21-26-13-7-4-8-14-26)36(23-27-15-9-5-10-16-27)32(38)24-37(28-20-19-25(2)30(34)22-28)42(40,41)29-17-11-6-12-18-29/h4-20,22,31H,3,21,23-24H2,1-2H3,(H,35,39). The fourth-order valence-electron chi connectivity index (χ4n) is 4.61. The highest BCUT2D eigenvalue weighted by molar-refractivity contribution is 7.92. The summed E-state index contributed by atoms with van der Waals surface area (Å²) in [6, 6.07) is 30.7. The SMILES string of the molecule is CCNC(=O)C(Cc1ccccc1)N(Cc1ccccc1)C(=O)CN(c1ccc(C)c(Cl)c1)S(=O)(=O)c1ccccc1. The Kier molecular flexibility index (Phi) is 10.4. The number of sulfonamides is 1. The van der Waals surface area contributed by atoms with Crippen molar-refractivity contribution in [2.24, 2.45) is 0 Å². The van der Waals surface area contributed by atoms with Gasteiger partial charge in [-0.1, -0.05) is 96.5 Å². The molecule has 0 aliphatic carbocycles. The normalized spacial score (nSPS) is 11.9. The molecule has 1 atom stereocenters. The Labute approximate surface area is 252 Å². The monoisotopic (exact) mass is 603 g/mol. The average Bonchev–Trinajstić information content (AvgIpc) is 3.00. The van der Waals surface area contributed by atoms with Gasteiger partial charge in [0.05, 0.1) is 10.6 Å². The maximum atomic E-state index is 14.3. The Morgan fingerprint density at radius 3 is 1.98 bits per heavy atom. The lowest BCUT2D eigenvalue weighted by atomic mass is 10.0. The van der Waals surface area contributed by atoms with E-state index >= 15 is 0 Å². The minimum atomic E-state index is -4.17. The summed E-state index contributed by atoms with van der Waals surface area (Å²) < 4.78 is 29.0. The first-order valence-corrected chi connectivity index (χ1v) is 15.5. The van der Waals surface area contributed by atoms with E-state index in [1.165, 1.54) is 23.1 Å². The van der Waals surface area contributed by atoms with Gasteiger partial charge in [-0.3, -0.25) is 13.9 Å². The van der Waals surface area contributed by atoms with Crippen LogP contribution in [0.15, 0.2) is 114 Å². The summed E-state index contributed by atoms with van der Waals surface area (Å²) in [4.78, 5) is 29.3. The second-order valence-corrected chi connectivity index (χ2v) is 12.1. The zero-order valence-corrected chi connectivity index (χ0v) is 25.2. The van der Waals surface area contributed by atoms with Gasteiger partial charge in [-0.05, 0) is 54.8 Å². The molecular formula is C33H34ClN3O4S. The highest BCUT2D eigenvalue weighted by Gasteiger charge is 2.34. The van der Waals surface area contributed by atoms with Crippen molar-refractivity contribution in [3.63, 3.8) is 0 Å². The first-order chi connectivity index (χ1) is 20.2. The Balaban J connectivity index is 1.79. The van der Waals surface area contributed by atoms with Crippen molar-refractivity contribution in [3.05, 3.63) is 131 Å². The van der Waals surface area contributed by atoms with Crippen molar-refractivity contribution in [3.8, 4) is 0 Å². The number of nitrogens with zero attached hydrogens (tertiary/aromatic N) is 2. The number of benzene rings is 4. The molecule has 4 aromatic rings. The van der Waals surface area contributed by atoms with E-state index in [1.54, 1.807) is 30.3 Å². The lowest BCUT2D eigenvalue weighted by molar-refractivity contribution is -0.140. The molecule has 42 heavy (non-hydrogen) atoms. The molecule has 218 valence electrons. The smallest absolute Gasteiger partial charge is 0.264 e. The van der Waals surface area contributed by atoms with Crippen molar-refractivity contribution >= 4 is 39.1 Å². The number of aryl methyl sites for hydroxylation is 1. The second kappa shape index (κ2) is 14.2. The maximum absolute atomic E-state index is 14.3. The van der Waals surface area contributed by atoms with Crippen LogP contribution in [-0.4, -0.2) is 44.3 Å². The van der Waals surface area contributed by atoms with Gasteiger partial charge in [0.2, 0.25) is 11.8 Å². The van der Waals surface area contributed by atoms with Crippen LogP contribution in [0.4, 0.5) is 5.69 Å². The molecule has 9 heteroatoms. The van der Waals surface area contributed by atoms with E-state index in [4.69, 9.17) is 11.6 Å². The fourth-order valence-corrected chi connectivity index (χ4v) is 6.21. The number of rotatable bonds is 12. The lowest BCUT2D eigenvalue weighted by Gasteiger charge is -2.34. The highest BCUT2D eigenvalue weighted by atomic mass is 35.5. The first-order valence-electron chi connectivity index (χ1n) is 13.7. The van der Waals surface area contributed by atoms with Gasteiger partial charge in [0.15, 0.2) is 0 Å². The molecule has 0 bridgehead atoms. The number of hydrogen-bond acceptors (Lipinski definition) is 4. The zero-order valence-electron chi connectivity index (χ0n) is 23.6. The predicted molar refractivity (Wildman–Crippen MR) is 167 cm³/mol. The van der Waals surface area contributed by atoms with Gasteiger partial charge in [-0.25, -0.2) is 8.42 Å². The average molecular weight is 604 g/mol. The number of anilines is 1. The first kappa shape index (κ1) is 30.8. The van der Waals surface area contributed by atoms with Crippen LogP contribution in [0.5, 0.6) is 0 Å². The van der Waals surface area contributed by atoms with Gasteiger partial charge in [-0.2, -0.15) is 0 Å². The third-order valence-electron chi connectivity index (χ3n) is 6.87. The van der Waals surface area contributed by atoms with E-state index in [2.05, 4.69) is 5.32 Å². The van der Waals surface area contributed by atoms with Crippen molar-refractivity contribution in [1.29, 1.82) is 0 Å². The molecule has 0 fully saturated rings. The molecular weight excluding hydrogens is 570 g/mol. The van der Waals surface area contributed by atoms with Crippen LogP contribution >= 0.6 is 11.6 Å². The molecule has 0 aliphatic rings. The van der Waals surface area contributed by atoms with Crippen LogP contribution in [-0.2, 0) is 32.6 Å². The third kappa shape index (κ3) is 7.57. The van der Waals surface area contributed by atoms with Crippen molar-refractivity contribution in [1.82, 2.24) is 10.2 Å². The van der Waals surface area contributed by atoms with Gasteiger partial charge in [0.25, 0.3) is 10.0 Å². The molecule has 0 aromatic heterocycles. The molecule has 0 heterocycles. The summed E-state index contributed by atoms with van der Waals surface area (Å²) in [5, 5.41) is 3.23. The molecule has 4 aromatic carbocycles. The Hall–Kier alpha value is -4.14. The molecule has 1 unspecified atom stereocenters. The number of carbonyl (C=O) groups is 2. The van der Waals surface area contributed by atoms with Crippen LogP contribution in [0.25, 0.3) is 0 Å². The van der Waals surface area contributed by atoms with Gasteiger partial charge in [0.1, 0.15) is 12.6 Å². The number of halogens is 1. The van der Waals surface area contributed by atoms with E-state index in [9.17, 15) is 18.0 Å². The number of likely N-dealkylation sites (N-methyl/N-ethyl adjacent to an activating group) is 1. The van der Waals surface area contributed by atoms with Crippen molar-refractivity contribution in [2.75, 3.05) is 17.4 Å². The third-order valence-corrected chi connectivity index (χ3v) is 9.07. The van der Waals surface area contributed by atoms with E-state index in [0.29, 0.717) is 11.6 Å². The minimum absolute atomic E-state index is 0.0358. The highest BCUT2D eigenvalue weighted by Crippen LogP contribution is 2.28. The van der Waals surface area contributed by atoms with Crippen LogP contribution < -0.4 is 9.62 Å². The van der Waals surface area contributed by atoms with Crippen LogP contribution in [0.3, 0.4) is 0 Å². The molecule has 0 spiro atoms. The maximum Gasteiger partial charge on any atom is 0.264 e. The van der Waals surface area contributed by atoms with Crippen molar-refractivity contribution < 1.29 is 18.0 Å². The largest absolute Gasteiger partial charge is 0.355 e. The molecule has 2 amide bonds. The van der Waals surface area contributed by atoms with Gasteiger partial charge >= 0.3 is 0 Å². The molecule has 0 aliphatic heterocycles. The zero-order chi connectivity index (χ0) is 30.1. The summed E-state index contributed by atoms with van der Waals surface area (Å²) in [6.07, 6.45) is 0.257. The predicted octanol–water partition coefficient (Wildman–Crippen LogP) is 5.62. The van der Waals surface area contributed by atoms with E-state index < -0.39 is 28.5 Å². The Morgan fingerprint density at radius 2 is 1.40 bits per heavy atom. The van der Waals surface area contributed by atoms with E-state index in [0.717, 1.165) is 21.0 Å². The number of carbonyl (C=O) groups excluding carboxylic acids is 2. The molecule has 0 radical (unpaired) electrons. The van der Waals surface area contributed by atoms with Crippen LogP contribution in [0, 0.1) is 6.92 Å². The molecule has 1 N–H and O–H groups in total. The summed E-state index contributed by atoms with van der Waals surface area (Å²) in [7, 11) is -4.17. The molecule has 7 nitrogen and oxygen atoms in total. The Morgan fingerprint density at radius 1 is 0.833 bits per heavy atom. The lowest BCUT2D eigenvalue weighted by Crippen LogP contribution is -2.53. The van der Waals surface area contributed by atoms with Gasteiger partial charge in [-0.15, -0.1) is 0 Å².